The van der Waals surface area contributed by atoms with Crippen LogP contribution in [0.2, 0.25) is 0 Å². The number of thiazole rings is 1. The van der Waals surface area contributed by atoms with E-state index in [9.17, 15) is 26.4 Å². The van der Waals surface area contributed by atoms with Gasteiger partial charge >= 0.3 is 0 Å². The number of benzene rings is 2. The molecule has 186 valence electrons. The van der Waals surface area contributed by atoms with Gasteiger partial charge in [0.15, 0.2) is 25.7 Å². The van der Waals surface area contributed by atoms with E-state index in [4.69, 9.17) is 10.5 Å². The first kappa shape index (κ1) is 25.9. The fourth-order valence-electron chi connectivity index (χ4n) is 2.78. The van der Waals surface area contributed by atoms with Gasteiger partial charge in [-0.1, -0.05) is 11.3 Å². The molecule has 0 radical (unpaired) electrons. The lowest BCUT2D eigenvalue weighted by Crippen LogP contribution is -2.22. The number of nitrogens with one attached hydrogen (secondary N) is 3. The molecule has 35 heavy (non-hydrogen) atoms. The molecule has 2 aromatic carbocycles. The first-order valence-corrected chi connectivity index (χ1v) is 14.2. The number of primary amides is 1. The summed E-state index contributed by atoms with van der Waals surface area (Å²) in [5, 5.41) is 4.95. The Morgan fingerprint density at radius 3 is 2.14 bits per heavy atom. The van der Waals surface area contributed by atoms with Crippen molar-refractivity contribution < 1.29 is 31.2 Å². The molecule has 0 saturated heterocycles. The average molecular weight is 540 g/mol. The Kier molecular flexibility index (Phi) is 7.62. The lowest BCUT2D eigenvalue weighted by atomic mass is 10.2. The van der Waals surface area contributed by atoms with Gasteiger partial charge in [0.2, 0.25) is 10.0 Å². The monoisotopic (exact) mass is 539 g/mol. The van der Waals surface area contributed by atoms with E-state index < -0.39 is 36.8 Å². The Hall–Kier alpha value is -3.69. The van der Waals surface area contributed by atoms with Crippen molar-refractivity contribution in [2.45, 2.75) is 0 Å². The number of rotatable bonds is 10. The highest BCUT2D eigenvalue weighted by Gasteiger charge is 2.20. The second kappa shape index (κ2) is 10.3. The Morgan fingerprint density at radius 1 is 1.00 bits per heavy atom. The number of nitrogens with two attached hydrogens (primary N) is 1. The van der Waals surface area contributed by atoms with E-state index in [1.807, 2.05) is 0 Å². The van der Waals surface area contributed by atoms with Gasteiger partial charge in [0.25, 0.3) is 11.8 Å². The fraction of sp³-hybridized carbons (Fsp3) is 0.150. The summed E-state index contributed by atoms with van der Waals surface area (Å²) in [7, 11) is -6.34. The van der Waals surface area contributed by atoms with Crippen LogP contribution in [0.3, 0.4) is 0 Å². The van der Waals surface area contributed by atoms with Gasteiger partial charge in [-0.05, 0) is 48.5 Å². The first-order chi connectivity index (χ1) is 16.3. The van der Waals surface area contributed by atoms with E-state index in [2.05, 4.69) is 20.3 Å². The van der Waals surface area contributed by atoms with Gasteiger partial charge in [-0.25, -0.2) is 21.8 Å². The third kappa shape index (κ3) is 7.40. The highest BCUT2D eigenvalue weighted by molar-refractivity contribution is 8.08. The molecule has 12 nitrogen and oxygen atoms in total. The number of ether oxygens (including phenoxy) is 1. The van der Waals surface area contributed by atoms with E-state index in [-0.39, 0.29) is 21.9 Å². The number of carbonyl (C=O) groups excluding carboxylic acids is 2. The molecule has 15 heteroatoms. The van der Waals surface area contributed by atoms with Gasteiger partial charge in [-0.3, -0.25) is 14.3 Å². The van der Waals surface area contributed by atoms with Gasteiger partial charge in [0.05, 0.1) is 7.11 Å². The van der Waals surface area contributed by atoms with Crippen LogP contribution in [-0.4, -0.2) is 52.1 Å². The summed E-state index contributed by atoms with van der Waals surface area (Å²) >= 11 is 0.997. The lowest BCUT2D eigenvalue weighted by molar-refractivity contribution is 0.0997. The van der Waals surface area contributed by atoms with Crippen LogP contribution < -0.4 is 25.8 Å². The molecular formula is C20H21N5O7S3. The van der Waals surface area contributed by atoms with Crippen molar-refractivity contribution in [1.82, 2.24) is 4.98 Å². The van der Waals surface area contributed by atoms with Crippen molar-refractivity contribution in [1.29, 1.82) is 0 Å². The summed E-state index contributed by atoms with van der Waals surface area (Å²) in [5.74, 6) is -0.776. The van der Waals surface area contributed by atoms with Crippen LogP contribution >= 0.6 is 11.3 Å². The maximum Gasteiger partial charge on any atom is 0.270 e. The molecule has 0 spiro atoms. The number of amides is 2. The van der Waals surface area contributed by atoms with E-state index in [1.54, 1.807) is 31.4 Å². The number of methoxy groups -OCH3 is 1. The number of sulfonamides is 1. The molecule has 0 bridgehead atoms. The zero-order valence-corrected chi connectivity index (χ0v) is 20.9. The van der Waals surface area contributed by atoms with Crippen LogP contribution in [0.4, 0.5) is 21.5 Å². The van der Waals surface area contributed by atoms with Crippen molar-refractivity contribution in [2.24, 2.45) is 5.73 Å². The third-order valence-electron chi connectivity index (χ3n) is 4.22. The van der Waals surface area contributed by atoms with Crippen molar-refractivity contribution in [2.75, 3.05) is 33.8 Å². The quantitative estimate of drug-likeness (QED) is 0.299. The summed E-state index contributed by atoms with van der Waals surface area (Å²) < 4.78 is 53.5. The molecule has 3 rings (SSSR count). The minimum Gasteiger partial charge on any atom is -0.497 e. The Bertz CT molecular complexity index is 1450. The molecule has 5 N–H and O–H groups in total. The summed E-state index contributed by atoms with van der Waals surface area (Å²) in [6, 6.07) is 12.2. The second-order valence-corrected chi connectivity index (χ2v) is 12.4. The smallest absolute Gasteiger partial charge is 0.270 e. The number of hydrogen-bond acceptors (Lipinski definition) is 10. The minimum absolute atomic E-state index is 0.0757. The van der Waals surface area contributed by atoms with E-state index >= 15 is 0 Å². The maximum absolute atomic E-state index is 12.7. The average Bonchev–Trinajstić information content (AvgIpc) is 3.15. The fourth-order valence-corrected chi connectivity index (χ4v) is 6.65. The van der Waals surface area contributed by atoms with Crippen LogP contribution in [0.5, 0.6) is 5.75 Å². The van der Waals surface area contributed by atoms with Crippen LogP contribution in [0.25, 0.3) is 0 Å². The highest BCUT2D eigenvalue weighted by Crippen LogP contribution is 2.31. The molecular weight excluding hydrogens is 518 g/mol. The molecule has 3 aromatic rings. The summed E-state index contributed by atoms with van der Waals surface area (Å²) in [5.41, 5.74) is 6.15. The lowest BCUT2D eigenvalue weighted by Gasteiger charge is -2.08. The zero-order valence-electron chi connectivity index (χ0n) is 18.4. The predicted molar refractivity (Wildman–Crippen MR) is 134 cm³/mol. The van der Waals surface area contributed by atoms with Crippen molar-refractivity contribution in [3.05, 3.63) is 59.8 Å². The SMILES string of the molecule is COc1ccc(Nc2nc(C(N)=O)c(NC(=O)c3ccc(NS(=O)(=O)CS(C)(=O)=O)cc3)s2)cc1. The standard InChI is InChI=1S/C20H21N5O7S3/c1-32-15-9-7-13(8-10-15)22-20-23-16(17(21)26)19(33-20)24-18(27)12-3-5-14(6-4-12)25-35(30,31)11-34(2,28)29/h3-10,25H,11H2,1-2H3,(H2,21,26)(H,22,23)(H,24,27). The van der Waals surface area contributed by atoms with Gasteiger partial charge in [-0.15, -0.1) is 0 Å². The number of hydrogen-bond donors (Lipinski definition) is 4. The molecule has 0 fully saturated rings. The van der Waals surface area contributed by atoms with Crippen molar-refractivity contribution in [3.63, 3.8) is 0 Å². The first-order valence-electron chi connectivity index (χ1n) is 9.66. The number of sulfone groups is 1. The maximum atomic E-state index is 12.7. The van der Waals surface area contributed by atoms with E-state index in [0.29, 0.717) is 16.6 Å². The molecule has 0 saturated carbocycles. The highest BCUT2D eigenvalue weighted by atomic mass is 32.3. The molecule has 0 aliphatic heterocycles. The number of carbonyl (C=O) groups is 2. The van der Waals surface area contributed by atoms with Crippen LogP contribution in [0.15, 0.2) is 48.5 Å². The minimum atomic E-state index is -4.13. The van der Waals surface area contributed by atoms with E-state index in [0.717, 1.165) is 17.6 Å². The molecule has 0 aliphatic carbocycles. The molecule has 0 atom stereocenters. The van der Waals surface area contributed by atoms with Gasteiger partial charge in [0.1, 0.15) is 10.8 Å². The summed E-state index contributed by atoms with van der Waals surface area (Å²) in [6.45, 7) is 0. The molecule has 2 amide bonds. The van der Waals surface area contributed by atoms with Crippen LogP contribution in [0.1, 0.15) is 20.8 Å². The number of anilines is 4. The second-order valence-electron chi connectivity index (χ2n) is 7.21. The molecule has 0 aliphatic rings. The largest absolute Gasteiger partial charge is 0.497 e. The van der Waals surface area contributed by atoms with Gasteiger partial charge in [0, 0.05) is 23.2 Å². The molecule has 1 aromatic heterocycles. The third-order valence-corrected chi connectivity index (χ3v) is 8.61. The number of nitrogens with zero attached hydrogens (tertiary/aromatic N) is 1. The molecule has 0 unspecified atom stereocenters. The normalized spacial score (nSPS) is 11.5. The number of aromatic nitrogens is 1. The van der Waals surface area contributed by atoms with Crippen molar-refractivity contribution in [3.8, 4) is 5.75 Å². The predicted octanol–water partition coefficient (Wildman–Crippen LogP) is 1.99. The van der Waals surface area contributed by atoms with Crippen LogP contribution in [0, 0.1) is 0 Å². The topological polar surface area (TPSA) is 187 Å². The van der Waals surface area contributed by atoms with Crippen molar-refractivity contribution >= 4 is 64.5 Å². The Labute approximate surface area is 205 Å². The Morgan fingerprint density at radius 2 is 1.60 bits per heavy atom. The summed E-state index contributed by atoms with van der Waals surface area (Å²) in [4.78, 5) is 28.6. The van der Waals surface area contributed by atoms with Gasteiger partial charge < -0.3 is 21.1 Å². The zero-order chi connectivity index (χ0) is 25.8. The molecule has 1 heterocycles. The van der Waals surface area contributed by atoms with Crippen LogP contribution in [-0.2, 0) is 19.9 Å². The van der Waals surface area contributed by atoms with E-state index in [1.165, 1.54) is 24.3 Å². The van der Waals surface area contributed by atoms with Gasteiger partial charge in [-0.2, -0.15) is 0 Å². The Balaban J connectivity index is 1.73. The summed E-state index contributed by atoms with van der Waals surface area (Å²) in [6.07, 6.45) is 0.803.